The third-order valence-electron chi connectivity index (χ3n) is 0.0667. The molecular weight excluding hydrogens is 90.0 g/mol. The Morgan fingerprint density at radius 1 is 1.17 bits per heavy atom. The van der Waals surface area contributed by atoms with Crippen LogP contribution in [0.5, 0.6) is 0 Å². The van der Waals surface area contributed by atoms with E-state index in [0.29, 0.717) is 0 Å². The second-order valence-corrected chi connectivity index (χ2v) is 0.231. The van der Waals surface area contributed by atoms with Crippen molar-refractivity contribution in [3.8, 4) is 0 Å². The Morgan fingerprint density at radius 3 is 1.50 bits per heavy atom. The quantitative estimate of drug-likeness (QED) is 0.397. The minimum atomic E-state index is 0. The van der Waals surface area contributed by atoms with Gasteiger partial charge in [0.25, 0.3) is 0 Å². The van der Waals surface area contributed by atoms with Gasteiger partial charge in [0.1, 0.15) is 0 Å². The monoisotopic (exact) mass is 93.0 g/mol. The number of rotatable bonds is 2. The second kappa shape index (κ2) is 9.03. The molecule has 0 aromatic rings. The first kappa shape index (κ1) is 8.88. The molecule has 0 heterocycles. The predicted octanol–water partition coefficient (Wildman–Crippen LogP) is 0.528. The van der Waals surface area contributed by atoms with Crippen LogP contribution in [0.2, 0.25) is 0 Å². The molecule has 0 unspecified atom stereocenters. The van der Waals surface area contributed by atoms with E-state index in [0.717, 1.165) is 0 Å². The molecule has 0 aromatic heterocycles. The minimum Gasteiger partial charge on any atom is -0.344 e. The van der Waals surface area contributed by atoms with Gasteiger partial charge in [-0.25, -0.2) is 0 Å². The molecule has 0 radical (unpaired) electrons. The Balaban J connectivity index is 0. The topological polar surface area (TPSA) is 103 Å². The Morgan fingerprint density at radius 2 is 1.50 bits per heavy atom. The van der Waals surface area contributed by atoms with Crippen LogP contribution < -0.4 is 6.15 Å². The summed E-state index contributed by atoms with van der Waals surface area (Å²) in [7, 11) is 0. The van der Waals surface area contributed by atoms with E-state index in [4.69, 9.17) is 9.81 Å². The van der Waals surface area contributed by atoms with Crippen molar-refractivity contribution in [2.45, 2.75) is 0 Å². The molecule has 0 saturated heterocycles. The Bertz CT molecular complexity index is 35.3. The molecular formula is H3N3O3. The van der Waals surface area contributed by atoms with E-state index in [9.17, 15) is 0 Å². The Labute approximate surface area is 32.9 Å². The van der Waals surface area contributed by atoms with Crippen molar-refractivity contribution in [2.24, 2.45) is 10.7 Å². The highest BCUT2D eigenvalue weighted by Gasteiger charge is 1.61. The summed E-state index contributed by atoms with van der Waals surface area (Å²) in [4.78, 5) is 20.2. The Kier molecular flexibility index (Phi) is 13.4. The lowest BCUT2D eigenvalue weighted by Gasteiger charge is -1.57. The summed E-state index contributed by atoms with van der Waals surface area (Å²) in [6.07, 6.45) is 0. The van der Waals surface area contributed by atoms with E-state index in [1.807, 2.05) is 0 Å². The van der Waals surface area contributed by atoms with Gasteiger partial charge in [-0.15, -0.1) is 9.81 Å². The highest BCUT2D eigenvalue weighted by molar-refractivity contribution is 3.96. The van der Waals surface area contributed by atoms with E-state index in [-0.39, 0.29) is 6.15 Å². The van der Waals surface area contributed by atoms with Crippen molar-refractivity contribution in [3.05, 3.63) is 9.81 Å². The summed E-state index contributed by atoms with van der Waals surface area (Å²) in [6, 6.07) is 0. The molecule has 0 amide bonds. The Hall–Kier alpha value is -1.04. The average molecular weight is 93.0 g/mol. The van der Waals surface area contributed by atoms with E-state index >= 15 is 0 Å². The molecule has 3 N–H and O–H groups in total. The van der Waals surface area contributed by atoms with Gasteiger partial charge in [0.15, 0.2) is 10.7 Å². The molecule has 0 aliphatic rings. The standard InChI is InChI=1S/N2O3.H3N/c3-1-5-2-4;/h;1H3. The van der Waals surface area contributed by atoms with Crippen molar-refractivity contribution in [2.75, 3.05) is 0 Å². The summed E-state index contributed by atoms with van der Waals surface area (Å²) < 4.78 is 0. The summed E-state index contributed by atoms with van der Waals surface area (Å²) in [5.41, 5.74) is 0. The highest BCUT2D eigenvalue weighted by atomic mass is 16.9. The van der Waals surface area contributed by atoms with Crippen LogP contribution in [0.3, 0.4) is 0 Å². The van der Waals surface area contributed by atoms with Crippen LogP contribution >= 0.6 is 0 Å². The van der Waals surface area contributed by atoms with Crippen LogP contribution in [-0.4, -0.2) is 0 Å². The molecule has 0 spiro atoms. The maximum absolute atomic E-state index is 8.64. The molecule has 0 atom stereocenters. The largest absolute Gasteiger partial charge is 0.344 e. The lowest BCUT2D eigenvalue weighted by atomic mass is 13.1. The molecule has 0 aliphatic heterocycles. The zero-order valence-electron chi connectivity index (χ0n) is 2.83. The first-order valence-electron chi connectivity index (χ1n) is 0.730. The van der Waals surface area contributed by atoms with Gasteiger partial charge in [-0.3, -0.25) is 0 Å². The van der Waals surface area contributed by atoms with Gasteiger partial charge in [0, 0.05) is 0 Å². The molecule has 0 saturated carbocycles. The molecule has 6 heavy (non-hydrogen) atoms. The van der Waals surface area contributed by atoms with Gasteiger partial charge >= 0.3 is 0 Å². The normalized spacial score (nSPS) is 4.67. The lowest BCUT2D eigenvalue weighted by molar-refractivity contribution is 0.146. The summed E-state index contributed by atoms with van der Waals surface area (Å²) in [5, 5.41) is 3.25. The van der Waals surface area contributed by atoms with Crippen LogP contribution in [-0.2, 0) is 4.94 Å². The van der Waals surface area contributed by atoms with E-state index in [1.54, 1.807) is 10.7 Å². The molecule has 6 heteroatoms. The summed E-state index contributed by atoms with van der Waals surface area (Å²) >= 11 is 0. The SMILES string of the molecule is N.O=NON=O. The fourth-order valence-electron chi connectivity index (χ4n) is 0.0136. The van der Waals surface area contributed by atoms with Crippen LogP contribution in [0, 0.1) is 9.81 Å². The number of hydrogen-bond donors (Lipinski definition) is 1. The average Bonchev–Trinajstić information content (AvgIpc) is 1.41. The van der Waals surface area contributed by atoms with Crippen molar-refractivity contribution in [1.29, 1.82) is 0 Å². The zero-order valence-corrected chi connectivity index (χ0v) is 2.83. The van der Waals surface area contributed by atoms with Crippen LogP contribution in [0.15, 0.2) is 10.7 Å². The molecule has 0 aliphatic carbocycles. The molecule has 36 valence electrons. The van der Waals surface area contributed by atoms with Crippen LogP contribution in [0.4, 0.5) is 0 Å². The molecule has 6 nitrogen and oxygen atoms in total. The first-order valence-corrected chi connectivity index (χ1v) is 0.730. The van der Waals surface area contributed by atoms with Crippen LogP contribution in [0.1, 0.15) is 0 Å². The third-order valence-corrected chi connectivity index (χ3v) is 0.0667. The fraction of sp³-hybridized carbons (Fsp3) is 0. The number of nitrogens with zero attached hydrogens (tertiary/aromatic N) is 2. The van der Waals surface area contributed by atoms with E-state index < -0.39 is 0 Å². The molecule has 0 aromatic carbocycles. The van der Waals surface area contributed by atoms with Gasteiger partial charge in [-0.1, -0.05) is 0 Å². The van der Waals surface area contributed by atoms with E-state index in [1.165, 1.54) is 0 Å². The maximum atomic E-state index is 8.64. The predicted molar refractivity (Wildman–Crippen MR) is 17.7 cm³/mol. The summed E-state index contributed by atoms with van der Waals surface area (Å²) in [6.45, 7) is 0. The number of hydrogen-bond acceptors (Lipinski definition) is 6. The zero-order chi connectivity index (χ0) is 4.12. The molecule has 0 fully saturated rings. The second-order valence-electron chi connectivity index (χ2n) is 0.231. The van der Waals surface area contributed by atoms with Crippen molar-refractivity contribution in [1.82, 2.24) is 6.15 Å². The molecule has 0 rings (SSSR count). The first-order chi connectivity index (χ1) is 2.41. The van der Waals surface area contributed by atoms with Crippen molar-refractivity contribution < 1.29 is 4.94 Å². The van der Waals surface area contributed by atoms with Gasteiger partial charge in [0.05, 0.1) is 0 Å². The van der Waals surface area contributed by atoms with Gasteiger partial charge in [0.2, 0.25) is 0 Å². The van der Waals surface area contributed by atoms with Crippen molar-refractivity contribution >= 4 is 0 Å². The highest BCUT2D eigenvalue weighted by Crippen LogP contribution is 1.66. The van der Waals surface area contributed by atoms with Crippen molar-refractivity contribution in [3.63, 3.8) is 0 Å². The van der Waals surface area contributed by atoms with E-state index in [2.05, 4.69) is 4.94 Å². The van der Waals surface area contributed by atoms with Gasteiger partial charge in [-0.05, 0) is 0 Å². The third kappa shape index (κ3) is 12.3. The minimum absolute atomic E-state index is 0. The van der Waals surface area contributed by atoms with Gasteiger partial charge in [-0.2, -0.15) is 4.94 Å². The fourth-order valence-corrected chi connectivity index (χ4v) is 0.0136. The molecule has 0 bridgehead atoms. The van der Waals surface area contributed by atoms with Crippen LogP contribution in [0.25, 0.3) is 0 Å². The lowest BCUT2D eigenvalue weighted by Crippen LogP contribution is -1.52. The summed E-state index contributed by atoms with van der Waals surface area (Å²) in [5.74, 6) is 0. The van der Waals surface area contributed by atoms with Gasteiger partial charge < -0.3 is 6.15 Å². The maximum Gasteiger partial charge on any atom is 0.187 e. The smallest absolute Gasteiger partial charge is 0.187 e.